The third-order valence-corrected chi connectivity index (χ3v) is 8.91. The van der Waals surface area contributed by atoms with Gasteiger partial charge in [-0.25, -0.2) is 8.42 Å². The third kappa shape index (κ3) is 8.32. The number of amides is 2. The summed E-state index contributed by atoms with van der Waals surface area (Å²) >= 11 is 9.62. The first-order chi connectivity index (χ1) is 19.1. The summed E-state index contributed by atoms with van der Waals surface area (Å²) in [6, 6.07) is 22.5. The lowest BCUT2D eigenvalue weighted by Gasteiger charge is -2.34. The molecule has 3 aromatic carbocycles. The van der Waals surface area contributed by atoms with E-state index in [9.17, 15) is 18.0 Å². The van der Waals surface area contributed by atoms with E-state index >= 15 is 0 Å². The van der Waals surface area contributed by atoms with Gasteiger partial charge >= 0.3 is 0 Å². The second kappa shape index (κ2) is 13.7. The van der Waals surface area contributed by atoms with Crippen LogP contribution in [0.2, 0.25) is 5.02 Å². The molecular weight excluding hydrogens is 614 g/mol. The van der Waals surface area contributed by atoms with Crippen molar-refractivity contribution in [3.8, 4) is 0 Å². The summed E-state index contributed by atoms with van der Waals surface area (Å²) in [7, 11) is -3.81. The van der Waals surface area contributed by atoms with Gasteiger partial charge in [0.05, 0.1) is 11.9 Å². The van der Waals surface area contributed by atoms with Crippen molar-refractivity contribution >= 4 is 55.1 Å². The van der Waals surface area contributed by atoms with Crippen LogP contribution in [0.25, 0.3) is 0 Å². The Labute approximate surface area is 249 Å². The number of sulfonamides is 1. The second-order valence-electron chi connectivity index (χ2n) is 10.1. The van der Waals surface area contributed by atoms with E-state index in [1.54, 1.807) is 42.5 Å². The Bertz CT molecular complexity index is 1410. The maximum absolute atomic E-state index is 14.1. The lowest BCUT2D eigenvalue weighted by molar-refractivity contribution is -0.140. The molecule has 10 heteroatoms. The summed E-state index contributed by atoms with van der Waals surface area (Å²) in [5.74, 6) is -0.739. The molecule has 1 N–H and O–H groups in total. The third-order valence-electron chi connectivity index (χ3n) is 7.01. The van der Waals surface area contributed by atoms with Gasteiger partial charge in [-0.1, -0.05) is 82.8 Å². The van der Waals surface area contributed by atoms with E-state index in [4.69, 9.17) is 11.6 Å². The van der Waals surface area contributed by atoms with Crippen molar-refractivity contribution in [3.63, 3.8) is 0 Å². The Morgan fingerprint density at radius 3 is 2.25 bits per heavy atom. The molecule has 40 heavy (non-hydrogen) atoms. The Balaban J connectivity index is 1.72. The highest BCUT2D eigenvalue weighted by Gasteiger charge is 2.34. The normalized spacial score (nSPS) is 14.5. The molecule has 0 saturated heterocycles. The highest BCUT2D eigenvalue weighted by Crippen LogP contribution is 2.24. The molecular formula is C30H33BrClN3O4S. The minimum atomic E-state index is -3.81. The lowest BCUT2D eigenvalue weighted by atomic mass is 10.0. The molecule has 0 spiro atoms. The van der Waals surface area contributed by atoms with E-state index in [-0.39, 0.29) is 24.9 Å². The van der Waals surface area contributed by atoms with Gasteiger partial charge in [-0.3, -0.25) is 13.9 Å². The molecule has 4 rings (SSSR count). The van der Waals surface area contributed by atoms with Crippen LogP contribution in [0.3, 0.4) is 0 Å². The average Bonchev–Trinajstić information content (AvgIpc) is 3.43. The molecule has 1 fully saturated rings. The molecule has 2 amide bonds. The van der Waals surface area contributed by atoms with E-state index < -0.39 is 28.5 Å². The molecule has 7 nitrogen and oxygen atoms in total. The van der Waals surface area contributed by atoms with Gasteiger partial charge in [0.25, 0.3) is 0 Å². The van der Waals surface area contributed by atoms with Crippen molar-refractivity contribution in [2.75, 3.05) is 17.1 Å². The van der Waals surface area contributed by atoms with Crippen LogP contribution in [0, 0.1) is 0 Å². The Morgan fingerprint density at radius 1 is 0.975 bits per heavy atom. The molecule has 212 valence electrons. The molecule has 0 bridgehead atoms. The molecule has 0 radical (unpaired) electrons. The van der Waals surface area contributed by atoms with Gasteiger partial charge in [-0.05, 0) is 60.4 Å². The smallest absolute Gasteiger partial charge is 0.244 e. The van der Waals surface area contributed by atoms with E-state index in [1.165, 1.54) is 4.90 Å². The Morgan fingerprint density at radius 2 is 1.62 bits per heavy atom. The van der Waals surface area contributed by atoms with E-state index in [2.05, 4.69) is 21.2 Å². The first-order valence-corrected chi connectivity index (χ1v) is 16.2. The van der Waals surface area contributed by atoms with Crippen molar-refractivity contribution in [3.05, 3.63) is 99.5 Å². The van der Waals surface area contributed by atoms with E-state index in [0.29, 0.717) is 10.7 Å². The zero-order valence-corrected chi connectivity index (χ0v) is 25.5. The molecule has 1 saturated carbocycles. The van der Waals surface area contributed by atoms with Crippen molar-refractivity contribution in [2.24, 2.45) is 0 Å². The minimum absolute atomic E-state index is 0.0594. The molecule has 0 aliphatic heterocycles. The minimum Gasteiger partial charge on any atom is -0.352 e. The van der Waals surface area contributed by atoms with Gasteiger partial charge in [0.1, 0.15) is 12.6 Å². The molecule has 0 heterocycles. The predicted octanol–water partition coefficient (Wildman–Crippen LogP) is 5.57. The van der Waals surface area contributed by atoms with Crippen molar-refractivity contribution in [1.82, 2.24) is 10.2 Å². The number of benzene rings is 3. The van der Waals surface area contributed by atoms with Crippen LogP contribution in [0.1, 0.15) is 36.8 Å². The lowest BCUT2D eigenvalue weighted by Crippen LogP contribution is -2.54. The number of rotatable bonds is 11. The first kappa shape index (κ1) is 30.1. The standard InChI is InChI=1S/C30H33BrClN3O4S/c1-40(38,39)35(27-16-14-24(31)15-17-27)21-29(36)34(20-23-10-7-11-25(32)18-23)28(19-22-8-3-2-4-9-22)30(37)33-26-12-5-6-13-26/h2-4,7-11,14-18,26,28H,5-6,12-13,19-21H2,1H3,(H,33,37)/t28-/m1/s1. The summed E-state index contributed by atoms with van der Waals surface area (Å²) in [5, 5.41) is 3.66. The van der Waals surface area contributed by atoms with Gasteiger partial charge in [0.15, 0.2) is 0 Å². The summed E-state index contributed by atoms with van der Waals surface area (Å²) in [6.07, 6.45) is 5.25. The number of carbonyl (C=O) groups excluding carboxylic acids is 2. The van der Waals surface area contributed by atoms with Gasteiger partial charge in [-0.2, -0.15) is 0 Å². The molecule has 3 aromatic rings. The van der Waals surface area contributed by atoms with Crippen LogP contribution >= 0.6 is 27.5 Å². The fourth-order valence-corrected chi connectivity index (χ4v) is 6.30. The van der Waals surface area contributed by atoms with Crippen LogP contribution in [0.5, 0.6) is 0 Å². The van der Waals surface area contributed by atoms with Crippen LogP contribution < -0.4 is 9.62 Å². The van der Waals surface area contributed by atoms with Crippen LogP contribution in [0.4, 0.5) is 5.69 Å². The molecule has 0 unspecified atom stereocenters. The highest BCUT2D eigenvalue weighted by molar-refractivity contribution is 9.10. The van der Waals surface area contributed by atoms with Crippen molar-refractivity contribution in [2.45, 2.75) is 50.7 Å². The van der Waals surface area contributed by atoms with Gasteiger partial charge < -0.3 is 10.2 Å². The highest BCUT2D eigenvalue weighted by atomic mass is 79.9. The molecule has 1 aliphatic carbocycles. The molecule has 0 aromatic heterocycles. The number of carbonyl (C=O) groups is 2. The van der Waals surface area contributed by atoms with E-state index in [1.807, 2.05) is 36.4 Å². The SMILES string of the molecule is CS(=O)(=O)N(CC(=O)N(Cc1cccc(Cl)c1)[C@H](Cc1ccccc1)C(=O)NC1CCCC1)c1ccc(Br)cc1. The maximum Gasteiger partial charge on any atom is 0.244 e. The molecule has 1 atom stereocenters. The zero-order valence-electron chi connectivity index (χ0n) is 22.3. The fraction of sp³-hybridized carbons (Fsp3) is 0.333. The monoisotopic (exact) mass is 645 g/mol. The van der Waals surface area contributed by atoms with Crippen molar-refractivity contribution in [1.29, 1.82) is 0 Å². The quantitative estimate of drug-likeness (QED) is 0.295. The first-order valence-electron chi connectivity index (χ1n) is 13.2. The maximum atomic E-state index is 14.1. The number of hydrogen-bond acceptors (Lipinski definition) is 4. The van der Waals surface area contributed by atoms with Gasteiger partial charge in [-0.15, -0.1) is 0 Å². The second-order valence-corrected chi connectivity index (χ2v) is 13.4. The molecule has 1 aliphatic rings. The summed E-state index contributed by atoms with van der Waals surface area (Å²) in [6.45, 7) is -0.365. The van der Waals surface area contributed by atoms with Gasteiger partial charge in [0.2, 0.25) is 21.8 Å². The van der Waals surface area contributed by atoms with Crippen LogP contribution in [0.15, 0.2) is 83.3 Å². The predicted molar refractivity (Wildman–Crippen MR) is 163 cm³/mol. The summed E-state index contributed by atoms with van der Waals surface area (Å²) < 4.78 is 27.6. The largest absolute Gasteiger partial charge is 0.352 e. The Kier molecular flexibility index (Phi) is 10.3. The number of hydrogen-bond donors (Lipinski definition) is 1. The Hall–Kier alpha value is -2.88. The fourth-order valence-electron chi connectivity index (χ4n) is 4.97. The topological polar surface area (TPSA) is 86.8 Å². The summed E-state index contributed by atoms with van der Waals surface area (Å²) in [4.78, 5) is 29.4. The van der Waals surface area contributed by atoms with Crippen LogP contribution in [-0.2, 0) is 32.6 Å². The van der Waals surface area contributed by atoms with Gasteiger partial charge in [0, 0.05) is 28.5 Å². The average molecular weight is 647 g/mol. The number of halogens is 2. The number of nitrogens with zero attached hydrogens (tertiary/aromatic N) is 2. The summed E-state index contributed by atoms with van der Waals surface area (Å²) in [5.41, 5.74) is 1.99. The van der Waals surface area contributed by atoms with Crippen molar-refractivity contribution < 1.29 is 18.0 Å². The van der Waals surface area contributed by atoms with Crippen LogP contribution in [-0.4, -0.2) is 50.0 Å². The van der Waals surface area contributed by atoms with E-state index in [0.717, 1.165) is 51.8 Å². The number of anilines is 1. The number of nitrogens with one attached hydrogen (secondary N) is 1. The zero-order chi connectivity index (χ0) is 28.7.